The highest BCUT2D eigenvalue weighted by Gasteiger charge is 2.34. The molecule has 0 radical (unpaired) electrons. The number of urea groups is 1. The molecule has 2 aromatic rings. The molecule has 0 spiro atoms. The first-order valence-corrected chi connectivity index (χ1v) is 10.7. The van der Waals surface area contributed by atoms with Crippen molar-refractivity contribution in [1.82, 2.24) is 16.0 Å². The second kappa shape index (κ2) is 10.0. The summed E-state index contributed by atoms with van der Waals surface area (Å²) in [7, 11) is 0. The van der Waals surface area contributed by atoms with E-state index >= 15 is 0 Å². The molecule has 158 valence electrons. The van der Waals surface area contributed by atoms with Gasteiger partial charge in [0.05, 0.1) is 28.8 Å². The molecule has 1 atom stereocenters. The second-order valence-electron chi connectivity index (χ2n) is 5.98. The standard InChI is InChI=1S/C19H19N3O6S2/c1-2-27-18(25)15-11(21-19(26)22-16(15)12-5-3-7-29-12)10-28-14(23)9-20-17(24)13-6-4-8-30-13/h3-8,16H,2,9-10H2,1H3,(H,20,24)(H2,21,22,26). The third-order valence-corrected chi connectivity index (χ3v) is 5.80. The van der Waals surface area contributed by atoms with Gasteiger partial charge in [0, 0.05) is 4.88 Å². The first kappa shape index (κ1) is 21.5. The highest BCUT2D eigenvalue weighted by Crippen LogP contribution is 2.30. The van der Waals surface area contributed by atoms with Crippen molar-refractivity contribution >= 4 is 46.6 Å². The van der Waals surface area contributed by atoms with Gasteiger partial charge in [-0.1, -0.05) is 12.1 Å². The molecule has 3 rings (SSSR count). The van der Waals surface area contributed by atoms with Crippen molar-refractivity contribution < 1.29 is 28.7 Å². The van der Waals surface area contributed by atoms with Gasteiger partial charge in [0.25, 0.3) is 5.91 Å². The molecule has 0 bridgehead atoms. The number of carbonyl (C=O) groups is 4. The van der Waals surface area contributed by atoms with Crippen molar-refractivity contribution in [2.45, 2.75) is 13.0 Å². The molecule has 0 aliphatic carbocycles. The fraction of sp³-hybridized carbons (Fsp3) is 0.263. The Kier molecular flexibility index (Phi) is 7.20. The number of amides is 3. The zero-order chi connectivity index (χ0) is 21.5. The zero-order valence-electron chi connectivity index (χ0n) is 15.9. The highest BCUT2D eigenvalue weighted by molar-refractivity contribution is 7.12. The summed E-state index contributed by atoms with van der Waals surface area (Å²) in [6.07, 6.45) is 0. The fourth-order valence-corrected chi connectivity index (χ4v) is 4.13. The van der Waals surface area contributed by atoms with Gasteiger partial charge in [-0.3, -0.25) is 9.59 Å². The fourth-order valence-electron chi connectivity index (χ4n) is 2.70. The van der Waals surface area contributed by atoms with Gasteiger partial charge in [-0.2, -0.15) is 0 Å². The molecular weight excluding hydrogens is 430 g/mol. The van der Waals surface area contributed by atoms with E-state index in [4.69, 9.17) is 9.47 Å². The van der Waals surface area contributed by atoms with Crippen LogP contribution in [0.25, 0.3) is 0 Å². The molecule has 9 nitrogen and oxygen atoms in total. The SMILES string of the molecule is CCOC(=O)C1=C(COC(=O)CNC(=O)c2cccs2)NC(=O)NC1c1cccs1. The van der Waals surface area contributed by atoms with Crippen LogP contribution in [0.5, 0.6) is 0 Å². The minimum Gasteiger partial charge on any atom is -0.463 e. The molecule has 3 heterocycles. The smallest absolute Gasteiger partial charge is 0.338 e. The molecule has 0 saturated heterocycles. The molecule has 0 saturated carbocycles. The molecule has 1 aliphatic rings. The Morgan fingerprint density at radius 1 is 1.13 bits per heavy atom. The molecule has 0 fully saturated rings. The van der Waals surface area contributed by atoms with Gasteiger partial charge in [0.1, 0.15) is 13.2 Å². The number of hydrogen-bond donors (Lipinski definition) is 3. The van der Waals surface area contributed by atoms with Crippen LogP contribution >= 0.6 is 22.7 Å². The Labute approximate surface area is 180 Å². The Bertz CT molecular complexity index is 953. The van der Waals surface area contributed by atoms with Crippen LogP contribution in [0.1, 0.15) is 27.5 Å². The minimum absolute atomic E-state index is 0.133. The number of hydrogen-bond acceptors (Lipinski definition) is 8. The normalized spacial score (nSPS) is 15.8. The molecule has 3 amide bonds. The lowest BCUT2D eigenvalue weighted by atomic mass is 10.0. The Hall–Kier alpha value is -3.18. The molecular formula is C19H19N3O6S2. The number of carbonyl (C=O) groups excluding carboxylic acids is 4. The van der Waals surface area contributed by atoms with E-state index in [1.54, 1.807) is 36.6 Å². The molecule has 1 aliphatic heterocycles. The summed E-state index contributed by atoms with van der Waals surface area (Å²) in [5.41, 5.74) is 0.294. The van der Waals surface area contributed by atoms with Gasteiger partial charge in [-0.05, 0) is 29.8 Å². The van der Waals surface area contributed by atoms with Crippen LogP contribution in [0.2, 0.25) is 0 Å². The summed E-state index contributed by atoms with van der Waals surface area (Å²) in [5, 5.41) is 11.2. The van der Waals surface area contributed by atoms with Gasteiger partial charge in [-0.15, -0.1) is 22.7 Å². The lowest BCUT2D eigenvalue weighted by molar-refractivity contribution is -0.142. The number of nitrogens with one attached hydrogen (secondary N) is 3. The van der Waals surface area contributed by atoms with Gasteiger partial charge in [0.15, 0.2) is 0 Å². The maximum absolute atomic E-state index is 12.5. The zero-order valence-corrected chi connectivity index (χ0v) is 17.6. The predicted octanol–water partition coefficient (Wildman–Crippen LogP) is 1.95. The van der Waals surface area contributed by atoms with E-state index in [1.807, 2.05) is 5.38 Å². The Balaban J connectivity index is 1.70. The number of thiophene rings is 2. The summed E-state index contributed by atoms with van der Waals surface area (Å²) in [6.45, 7) is 1.12. The number of rotatable bonds is 8. The molecule has 1 unspecified atom stereocenters. The summed E-state index contributed by atoms with van der Waals surface area (Å²) in [5.74, 6) is -1.72. The largest absolute Gasteiger partial charge is 0.463 e. The molecule has 30 heavy (non-hydrogen) atoms. The summed E-state index contributed by atoms with van der Waals surface area (Å²) >= 11 is 2.62. The predicted molar refractivity (Wildman–Crippen MR) is 110 cm³/mol. The average molecular weight is 450 g/mol. The first-order valence-electron chi connectivity index (χ1n) is 8.98. The van der Waals surface area contributed by atoms with Gasteiger partial charge >= 0.3 is 18.0 Å². The monoisotopic (exact) mass is 449 g/mol. The molecule has 0 aromatic carbocycles. The molecule has 3 N–H and O–H groups in total. The van der Waals surface area contributed by atoms with Crippen molar-refractivity contribution in [1.29, 1.82) is 0 Å². The van der Waals surface area contributed by atoms with Crippen LogP contribution in [0.4, 0.5) is 4.79 Å². The topological polar surface area (TPSA) is 123 Å². The average Bonchev–Trinajstić information content (AvgIpc) is 3.44. The van der Waals surface area contributed by atoms with Crippen LogP contribution in [0.3, 0.4) is 0 Å². The third-order valence-electron chi connectivity index (χ3n) is 3.99. The summed E-state index contributed by atoms with van der Waals surface area (Å²) < 4.78 is 10.3. The maximum atomic E-state index is 12.5. The van der Waals surface area contributed by atoms with E-state index in [0.29, 0.717) is 4.88 Å². The lowest BCUT2D eigenvalue weighted by Gasteiger charge is -2.28. The molecule has 2 aromatic heterocycles. The highest BCUT2D eigenvalue weighted by atomic mass is 32.1. The lowest BCUT2D eigenvalue weighted by Crippen LogP contribution is -2.47. The van der Waals surface area contributed by atoms with E-state index in [-0.39, 0.29) is 36.9 Å². The van der Waals surface area contributed by atoms with E-state index < -0.39 is 24.0 Å². The van der Waals surface area contributed by atoms with Gasteiger partial charge in [-0.25, -0.2) is 9.59 Å². The van der Waals surface area contributed by atoms with Crippen LogP contribution in [0, 0.1) is 0 Å². The van der Waals surface area contributed by atoms with E-state index in [0.717, 1.165) is 4.88 Å². The minimum atomic E-state index is -0.718. The van der Waals surface area contributed by atoms with E-state index in [1.165, 1.54) is 22.7 Å². The maximum Gasteiger partial charge on any atom is 0.338 e. The van der Waals surface area contributed by atoms with Crippen molar-refractivity contribution in [3.05, 3.63) is 56.1 Å². The third kappa shape index (κ3) is 5.24. The van der Waals surface area contributed by atoms with Gasteiger partial charge in [0.2, 0.25) is 0 Å². The summed E-state index contributed by atoms with van der Waals surface area (Å²) in [6, 6.07) is 5.70. The Morgan fingerprint density at radius 3 is 2.57 bits per heavy atom. The van der Waals surface area contributed by atoms with Crippen molar-refractivity contribution in [3.63, 3.8) is 0 Å². The quantitative estimate of drug-likeness (QED) is 0.530. The Morgan fingerprint density at radius 2 is 1.90 bits per heavy atom. The van der Waals surface area contributed by atoms with Gasteiger partial charge < -0.3 is 25.4 Å². The van der Waals surface area contributed by atoms with E-state index in [2.05, 4.69) is 16.0 Å². The first-order chi connectivity index (χ1) is 14.5. The van der Waals surface area contributed by atoms with Crippen LogP contribution in [-0.2, 0) is 19.1 Å². The summed E-state index contributed by atoms with van der Waals surface area (Å²) in [4.78, 5) is 49.8. The van der Waals surface area contributed by atoms with Crippen molar-refractivity contribution in [2.24, 2.45) is 0 Å². The van der Waals surface area contributed by atoms with Crippen molar-refractivity contribution in [2.75, 3.05) is 19.8 Å². The second-order valence-corrected chi connectivity index (χ2v) is 7.91. The molecule has 11 heteroatoms. The number of ether oxygens (including phenoxy) is 2. The number of esters is 2. The van der Waals surface area contributed by atoms with Crippen molar-refractivity contribution in [3.8, 4) is 0 Å². The van der Waals surface area contributed by atoms with Crippen LogP contribution in [-0.4, -0.2) is 43.6 Å². The van der Waals surface area contributed by atoms with Crippen LogP contribution in [0.15, 0.2) is 46.3 Å². The van der Waals surface area contributed by atoms with Crippen LogP contribution < -0.4 is 16.0 Å². The van der Waals surface area contributed by atoms with E-state index in [9.17, 15) is 19.2 Å².